The van der Waals surface area contributed by atoms with E-state index in [0.717, 1.165) is 25.3 Å². The summed E-state index contributed by atoms with van der Waals surface area (Å²) in [6.07, 6.45) is 0.287. The van der Waals surface area contributed by atoms with Crippen molar-refractivity contribution in [3.8, 4) is 17.6 Å². The molecule has 0 spiro atoms. The number of amides is 1. The fourth-order valence-electron chi connectivity index (χ4n) is 4.86. The number of aromatic nitrogens is 3. The minimum atomic E-state index is -4.55. The van der Waals surface area contributed by atoms with Crippen molar-refractivity contribution in [1.82, 2.24) is 25.0 Å². The van der Waals surface area contributed by atoms with Gasteiger partial charge in [0.15, 0.2) is 6.19 Å². The lowest BCUT2D eigenvalue weighted by Crippen LogP contribution is -2.43. The lowest BCUT2D eigenvalue weighted by Gasteiger charge is -2.21. The Morgan fingerprint density at radius 3 is 2.78 bits per heavy atom. The average molecular weight is 440 g/mol. The first-order valence-electron chi connectivity index (χ1n) is 10.3. The molecule has 2 aromatic heterocycles. The third-order valence-electron chi connectivity index (χ3n) is 6.36. The number of fused-ring (bicyclic) bond motifs is 3. The van der Waals surface area contributed by atoms with E-state index in [0.29, 0.717) is 22.2 Å². The monoisotopic (exact) mass is 440 g/mol. The summed E-state index contributed by atoms with van der Waals surface area (Å²) in [7, 11) is 1.67. The topological polar surface area (TPSA) is 86.8 Å². The molecule has 0 saturated carbocycles. The highest BCUT2D eigenvalue weighted by Gasteiger charge is 2.46. The van der Waals surface area contributed by atoms with E-state index in [4.69, 9.17) is 0 Å². The first-order chi connectivity index (χ1) is 15.3. The average Bonchev–Trinajstić information content (AvgIpc) is 3.43. The summed E-state index contributed by atoms with van der Waals surface area (Å²) in [4.78, 5) is 18.4. The Kier molecular flexibility index (Phi) is 4.58. The summed E-state index contributed by atoms with van der Waals surface area (Å²) < 4.78 is 40.7. The van der Waals surface area contributed by atoms with Crippen LogP contribution in [0.3, 0.4) is 0 Å². The Balaban J connectivity index is 1.43. The number of nitriles is 1. The van der Waals surface area contributed by atoms with Gasteiger partial charge in [0.25, 0.3) is 5.91 Å². The Morgan fingerprint density at radius 1 is 1.25 bits per heavy atom. The fourth-order valence-corrected chi connectivity index (χ4v) is 4.86. The van der Waals surface area contributed by atoms with E-state index in [9.17, 15) is 23.2 Å². The maximum absolute atomic E-state index is 13.1. The van der Waals surface area contributed by atoms with E-state index in [1.165, 1.54) is 16.8 Å². The van der Waals surface area contributed by atoms with Gasteiger partial charge in [-0.05, 0) is 49.6 Å². The zero-order valence-corrected chi connectivity index (χ0v) is 17.1. The van der Waals surface area contributed by atoms with Crippen LogP contribution in [-0.4, -0.2) is 43.7 Å². The van der Waals surface area contributed by atoms with Crippen LogP contribution >= 0.6 is 0 Å². The van der Waals surface area contributed by atoms with E-state index < -0.39 is 11.9 Å². The number of hydrogen-bond donors (Lipinski definition) is 1. The number of pyridine rings is 1. The number of halogens is 3. The van der Waals surface area contributed by atoms with E-state index >= 15 is 0 Å². The molecule has 2 bridgehead atoms. The molecule has 2 aliphatic rings. The first-order valence-corrected chi connectivity index (χ1v) is 10.3. The maximum Gasteiger partial charge on any atom is 0.433 e. The highest BCUT2D eigenvalue weighted by molar-refractivity contribution is 6.01. The Labute approximate surface area is 181 Å². The summed E-state index contributed by atoms with van der Waals surface area (Å²) in [6, 6.07) is 8.83. The summed E-state index contributed by atoms with van der Waals surface area (Å²) in [5.74, 6) is -0.248. The molecule has 5 rings (SSSR count). The SMILES string of the molecule is Cn1nc(-c2cccc(C(F)(F)F)n2)c2ccc(C(=O)N[C@@H]3C[C@@H]4CC[C@H]3N4C#N)cc21. The molecule has 164 valence electrons. The molecule has 2 fully saturated rings. The molecular formula is C22H19F3N6O. The zero-order valence-electron chi connectivity index (χ0n) is 17.1. The van der Waals surface area contributed by atoms with Crippen molar-refractivity contribution in [3.05, 3.63) is 47.7 Å². The molecule has 2 aliphatic heterocycles. The summed E-state index contributed by atoms with van der Waals surface area (Å²) in [5, 5.41) is 17.3. The van der Waals surface area contributed by atoms with Gasteiger partial charge in [0, 0.05) is 24.0 Å². The van der Waals surface area contributed by atoms with Gasteiger partial charge in [0.2, 0.25) is 0 Å². The van der Waals surface area contributed by atoms with E-state index in [1.807, 2.05) is 0 Å². The van der Waals surface area contributed by atoms with Gasteiger partial charge in [-0.15, -0.1) is 0 Å². The van der Waals surface area contributed by atoms with Crippen molar-refractivity contribution in [3.63, 3.8) is 0 Å². The second kappa shape index (κ2) is 7.22. The minimum Gasteiger partial charge on any atom is -0.347 e. The summed E-state index contributed by atoms with van der Waals surface area (Å²) in [5.41, 5.74) is 0.482. The smallest absolute Gasteiger partial charge is 0.347 e. The lowest BCUT2D eigenvalue weighted by atomic mass is 9.95. The molecule has 0 radical (unpaired) electrons. The van der Waals surface area contributed by atoms with Crippen LogP contribution in [0.5, 0.6) is 0 Å². The van der Waals surface area contributed by atoms with Gasteiger partial charge in [-0.1, -0.05) is 6.07 Å². The summed E-state index contributed by atoms with van der Waals surface area (Å²) in [6.45, 7) is 0. The summed E-state index contributed by atoms with van der Waals surface area (Å²) >= 11 is 0. The third kappa shape index (κ3) is 3.25. The van der Waals surface area contributed by atoms with Gasteiger partial charge in [-0.25, -0.2) is 4.98 Å². The highest BCUT2D eigenvalue weighted by Crippen LogP contribution is 2.37. The Bertz CT molecular complexity index is 1260. The molecule has 3 atom stereocenters. The molecule has 2 saturated heterocycles. The number of carbonyl (C=O) groups excluding carboxylic acids is 1. The predicted octanol–water partition coefficient (Wildman–Crippen LogP) is 3.47. The van der Waals surface area contributed by atoms with Gasteiger partial charge in [-0.3, -0.25) is 9.48 Å². The largest absolute Gasteiger partial charge is 0.433 e. The Hall–Kier alpha value is -3.61. The van der Waals surface area contributed by atoms with Crippen molar-refractivity contribution >= 4 is 16.8 Å². The van der Waals surface area contributed by atoms with Crippen LogP contribution in [0, 0.1) is 11.5 Å². The fraction of sp³-hybridized carbons (Fsp3) is 0.364. The van der Waals surface area contributed by atoms with Crippen LogP contribution in [-0.2, 0) is 13.2 Å². The van der Waals surface area contributed by atoms with Crippen LogP contribution in [0.1, 0.15) is 35.3 Å². The first kappa shape index (κ1) is 20.3. The molecule has 1 aromatic carbocycles. The molecule has 1 amide bonds. The number of hydrogen-bond acceptors (Lipinski definition) is 5. The number of alkyl halides is 3. The third-order valence-corrected chi connectivity index (χ3v) is 6.36. The standard InChI is InChI=1S/C22H19F3N6O/c1-30-18-9-12(21(32)28-16-10-13-6-8-17(16)31(13)11-26)5-7-14(18)20(29-30)15-3-2-4-19(27-15)22(23,24)25/h2-5,7,9,13,16-17H,6,8,10H2,1H3,(H,28,32)/t13-,16+,17+/m0/s1. The quantitative estimate of drug-likeness (QED) is 0.631. The number of carbonyl (C=O) groups is 1. The molecule has 0 aliphatic carbocycles. The molecular weight excluding hydrogens is 421 g/mol. The van der Waals surface area contributed by atoms with Gasteiger partial charge in [0.1, 0.15) is 11.4 Å². The van der Waals surface area contributed by atoms with Gasteiger partial charge < -0.3 is 10.2 Å². The second-order valence-corrected chi connectivity index (χ2v) is 8.23. The van der Waals surface area contributed by atoms with Gasteiger partial charge >= 0.3 is 6.18 Å². The molecule has 7 nitrogen and oxygen atoms in total. The maximum atomic E-state index is 13.1. The van der Waals surface area contributed by atoms with Crippen LogP contribution in [0.25, 0.3) is 22.3 Å². The van der Waals surface area contributed by atoms with Crippen LogP contribution in [0.2, 0.25) is 0 Å². The van der Waals surface area contributed by atoms with Crippen LogP contribution in [0.4, 0.5) is 13.2 Å². The Morgan fingerprint density at radius 2 is 2.06 bits per heavy atom. The van der Waals surface area contributed by atoms with E-state index in [-0.39, 0.29) is 29.7 Å². The number of nitrogens with zero attached hydrogens (tertiary/aromatic N) is 5. The second-order valence-electron chi connectivity index (χ2n) is 8.23. The number of aryl methyl sites for hydroxylation is 1. The normalized spacial score (nSPS) is 22.3. The van der Waals surface area contributed by atoms with E-state index in [2.05, 4.69) is 21.6 Å². The highest BCUT2D eigenvalue weighted by atomic mass is 19.4. The predicted molar refractivity (Wildman–Crippen MR) is 109 cm³/mol. The zero-order chi connectivity index (χ0) is 22.6. The molecule has 32 heavy (non-hydrogen) atoms. The lowest BCUT2D eigenvalue weighted by molar-refractivity contribution is -0.141. The van der Waals surface area contributed by atoms with Crippen LogP contribution < -0.4 is 5.32 Å². The van der Waals surface area contributed by atoms with Crippen molar-refractivity contribution < 1.29 is 18.0 Å². The molecule has 10 heteroatoms. The van der Waals surface area contributed by atoms with Gasteiger partial charge in [0.05, 0.1) is 23.3 Å². The van der Waals surface area contributed by atoms with Crippen molar-refractivity contribution in [1.29, 1.82) is 5.26 Å². The van der Waals surface area contributed by atoms with Gasteiger partial charge in [-0.2, -0.15) is 23.5 Å². The van der Waals surface area contributed by atoms with E-state index in [1.54, 1.807) is 30.1 Å². The number of benzene rings is 1. The molecule has 0 unspecified atom stereocenters. The van der Waals surface area contributed by atoms with Crippen molar-refractivity contribution in [2.75, 3.05) is 0 Å². The van der Waals surface area contributed by atoms with Crippen molar-refractivity contribution in [2.24, 2.45) is 7.05 Å². The molecule has 1 N–H and O–H groups in total. The number of rotatable bonds is 3. The molecule has 3 aromatic rings. The van der Waals surface area contributed by atoms with Crippen molar-refractivity contribution in [2.45, 2.75) is 43.6 Å². The molecule has 4 heterocycles. The van der Waals surface area contributed by atoms with Crippen LogP contribution in [0.15, 0.2) is 36.4 Å². The minimum absolute atomic E-state index is 0.0352. The number of nitrogens with one attached hydrogen (secondary N) is 1.